The Bertz CT molecular complexity index is 540. The molecular weight excluding hydrogens is 248 g/mol. The zero-order chi connectivity index (χ0) is 14.4. The minimum Gasteiger partial charge on any atom is -0.489 e. The summed E-state index contributed by atoms with van der Waals surface area (Å²) in [4.78, 5) is 4.02. The predicted octanol–water partition coefficient (Wildman–Crippen LogP) is 3.64. The number of benzene rings is 1. The number of hydrogen-bond donors (Lipinski definition) is 1. The fraction of sp³-hybridized carbons (Fsp3) is 0.353. The van der Waals surface area contributed by atoms with E-state index in [1.165, 1.54) is 11.1 Å². The number of aryl methyl sites for hydroxylation is 1. The largest absolute Gasteiger partial charge is 0.489 e. The lowest BCUT2D eigenvalue weighted by Gasteiger charge is -2.18. The number of rotatable bonds is 6. The summed E-state index contributed by atoms with van der Waals surface area (Å²) in [6, 6.07) is 10.6. The Morgan fingerprint density at radius 2 is 1.95 bits per heavy atom. The average molecular weight is 270 g/mol. The van der Waals surface area contributed by atoms with Crippen LogP contribution >= 0.6 is 0 Å². The van der Waals surface area contributed by atoms with Crippen molar-refractivity contribution in [1.82, 2.24) is 10.3 Å². The number of nitrogens with one attached hydrogen (secondary N) is 1. The Morgan fingerprint density at radius 1 is 1.20 bits per heavy atom. The summed E-state index contributed by atoms with van der Waals surface area (Å²) < 4.78 is 6.00. The van der Waals surface area contributed by atoms with Crippen LogP contribution in [0.4, 0.5) is 0 Å². The first-order chi connectivity index (χ1) is 9.70. The molecule has 1 N–H and O–H groups in total. The van der Waals surface area contributed by atoms with Crippen LogP contribution in [0.2, 0.25) is 0 Å². The third-order valence-corrected chi connectivity index (χ3v) is 3.29. The Kier molecular flexibility index (Phi) is 5.13. The molecule has 0 fully saturated rings. The summed E-state index contributed by atoms with van der Waals surface area (Å²) in [5.74, 6) is 0.954. The molecule has 0 amide bonds. The summed E-state index contributed by atoms with van der Waals surface area (Å²) in [7, 11) is 0. The molecule has 0 bridgehead atoms. The van der Waals surface area contributed by atoms with E-state index >= 15 is 0 Å². The van der Waals surface area contributed by atoms with E-state index in [0.29, 0.717) is 6.61 Å². The van der Waals surface area contributed by atoms with E-state index in [2.05, 4.69) is 49.3 Å². The monoisotopic (exact) mass is 270 g/mol. The number of pyridine rings is 1. The molecule has 3 nitrogen and oxygen atoms in total. The van der Waals surface area contributed by atoms with Crippen molar-refractivity contribution in [3.8, 4) is 5.75 Å². The molecule has 1 atom stereocenters. The molecule has 3 heteroatoms. The van der Waals surface area contributed by atoms with Crippen molar-refractivity contribution in [1.29, 1.82) is 0 Å². The van der Waals surface area contributed by atoms with Crippen LogP contribution in [-0.2, 0) is 6.61 Å². The first-order valence-corrected chi connectivity index (χ1v) is 7.06. The van der Waals surface area contributed by atoms with Gasteiger partial charge in [0.2, 0.25) is 0 Å². The minimum absolute atomic E-state index is 0.285. The molecule has 0 aliphatic rings. The number of aromatic nitrogens is 1. The molecular formula is C17H22N2O. The van der Waals surface area contributed by atoms with Crippen molar-refractivity contribution in [2.75, 3.05) is 6.54 Å². The number of nitrogens with zero attached hydrogens (tertiary/aromatic N) is 1. The zero-order valence-corrected chi connectivity index (χ0v) is 12.4. The smallest absolute Gasteiger partial charge is 0.124 e. The molecule has 1 heterocycles. The van der Waals surface area contributed by atoms with Gasteiger partial charge in [-0.1, -0.05) is 19.1 Å². The second-order valence-corrected chi connectivity index (χ2v) is 4.96. The number of ether oxygens (including phenoxy) is 1. The maximum atomic E-state index is 6.00. The zero-order valence-electron chi connectivity index (χ0n) is 12.4. The topological polar surface area (TPSA) is 34.1 Å². The van der Waals surface area contributed by atoms with E-state index in [9.17, 15) is 0 Å². The van der Waals surface area contributed by atoms with E-state index in [0.717, 1.165) is 17.9 Å². The van der Waals surface area contributed by atoms with Gasteiger partial charge in [-0.05, 0) is 49.7 Å². The summed E-state index contributed by atoms with van der Waals surface area (Å²) >= 11 is 0. The van der Waals surface area contributed by atoms with Gasteiger partial charge in [0.1, 0.15) is 12.4 Å². The highest BCUT2D eigenvalue weighted by molar-refractivity contribution is 5.39. The number of hydrogen-bond acceptors (Lipinski definition) is 3. The van der Waals surface area contributed by atoms with Crippen molar-refractivity contribution in [2.45, 2.75) is 33.4 Å². The summed E-state index contributed by atoms with van der Waals surface area (Å²) in [6.45, 7) is 7.87. The Balaban J connectivity index is 2.15. The lowest BCUT2D eigenvalue weighted by molar-refractivity contribution is 0.299. The van der Waals surface area contributed by atoms with Crippen molar-refractivity contribution < 1.29 is 4.74 Å². The molecule has 2 rings (SSSR count). The van der Waals surface area contributed by atoms with Gasteiger partial charge >= 0.3 is 0 Å². The van der Waals surface area contributed by atoms with E-state index < -0.39 is 0 Å². The molecule has 1 aromatic carbocycles. The summed E-state index contributed by atoms with van der Waals surface area (Å²) in [5.41, 5.74) is 3.54. The van der Waals surface area contributed by atoms with Gasteiger partial charge in [0.05, 0.1) is 0 Å². The molecule has 0 aliphatic carbocycles. The van der Waals surface area contributed by atoms with E-state index in [1.54, 1.807) is 12.4 Å². The average Bonchev–Trinajstić information content (AvgIpc) is 2.46. The molecule has 20 heavy (non-hydrogen) atoms. The third kappa shape index (κ3) is 3.81. The van der Waals surface area contributed by atoms with E-state index in [1.807, 2.05) is 12.1 Å². The van der Waals surface area contributed by atoms with E-state index in [-0.39, 0.29) is 6.04 Å². The van der Waals surface area contributed by atoms with Gasteiger partial charge in [-0.15, -0.1) is 0 Å². The fourth-order valence-corrected chi connectivity index (χ4v) is 2.18. The van der Waals surface area contributed by atoms with Crippen LogP contribution in [0.1, 0.15) is 36.6 Å². The molecule has 2 aromatic rings. The van der Waals surface area contributed by atoms with Crippen molar-refractivity contribution in [2.24, 2.45) is 0 Å². The molecule has 0 saturated carbocycles. The normalized spacial score (nSPS) is 12.2. The Labute approximate surface area is 121 Å². The maximum absolute atomic E-state index is 6.00. The lowest BCUT2D eigenvalue weighted by Crippen LogP contribution is -2.18. The highest BCUT2D eigenvalue weighted by Crippen LogP contribution is 2.27. The second kappa shape index (κ2) is 7.06. The van der Waals surface area contributed by atoms with Gasteiger partial charge in [0, 0.05) is 24.0 Å². The van der Waals surface area contributed by atoms with Crippen LogP contribution in [0.5, 0.6) is 5.75 Å². The van der Waals surface area contributed by atoms with Crippen LogP contribution in [0.25, 0.3) is 0 Å². The summed E-state index contributed by atoms with van der Waals surface area (Å²) in [6.07, 6.45) is 3.58. The van der Waals surface area contributed by atoms with Gasteiger partial charge in [-0.3, -0.25) is 4.98 Å². The van der Waals surface area contributed by atoms with Crippen molar-refractivity contribution >= 4 is 0 Å². The molecule has 1 unspecified atom stereocenters. The highest BCUT2D eigenvalue weighted by Gasteiger charge is 2.11. The van der Waals surface area contributed by atoms with E-state index in [4.69, 9.17) is 4.74 Å². The highest BCUT2D eigenvalue weighted by atomic mass is 16.5. The first-order valence-electron chi connectivity index (χ1n) is 7.06. The van der Waals surface area contributed by atoms with Crippen molar-refractivity contribution in [3.05, 3.63) is 59.4 Å². The van der Waals surface area contributed by atoms with Gasteiger partial charge in [0.25, 0.3) is 0 Å². The third-order valence-electron chi connectivity index (χ3n) is 3.29. The fourth-order valence-electron chi connectivity index (χ4n) is 2.18. The van der Waals surface area contributed by atoms with Crippen LogP contribution in [0.15, 0.2) is 42.7 Å². The quantitative estimate of drug-likeness (QED) is 0.870. The van der Waals surface area contributed by atoms with Gasteiger partial charge in [-0.2, -0.15) is 0 Å². The van der Waals surface area contributed by atoms with Crippen LogP contribution < -0.4 is 10.1 Å². The standard InChI is InChI=1S/C17H22N2O/c1-4-19-14(3)16-6-5-13(2)11-17(16)20-12-15-7-9-18-10-8-15/h5-11,14,19H,4,12H2,1-3H3. The minimum atomic E-state index is 0.285. The molecule has 0 radical (unpaired) electrons. The van der Waals surface area contributed by atoms with Crippen molar-refractivity contribution in [3.63, 3.8) is 0 Å². The molecule has 106 valence electrons. The summed E-state index contributed by atoms with van der Waals surface area (Å²) in [5, 5.41) is 3.43. The lowest BCUT2D eigenvalue weighted by atomic mass is 10.0. The molecule has 1 aromatic heterocycles. The van der Waals surface area contributed by atoms with Gasteiger partial charge in [-0.25, -0.2) is 0 Å². The first kappa shape index (κ1) is 14.5. The maximum Gasteiger partial charge on any atom is 0.124 e. The van der Waals surface area contributed by atoms with Crippen LogP contribution in [0.3, 0.4) is 0 Å². The molecule has 0 aliphatic heterocycles. The van der Waals surface area contributed by atoms with Crippen LogP contribution in [-0.4, -0.2) is 11.5 Å². The van der Waals surface area contributed by atoms with Crippen LogP contribution in [0, 0.1) is 6.92 Å². The Morgan fingerprint density at radius 3 is 2.65 bits per heavy atom. The molecule has 0 spiro atoms. The van der Waals surface area contributed by atoms with Gasteiger partial charge in [0.15, 0.2) is 0 Å². The SMILES string of the molecule is CCNC(C)c1ccc(C)cc1OCc1ccncc1. The van der Waals surface area contributed by atoms with Gasteiger partial charge < -0.3 is 10.1 Å². The molecule has 0 saturated heterocycles. The Hall–Kier alpha value is -1.87. The predicted molar refractivity (Wildman–Crippen MR) is 81.8 cm³/mol. The second-order valence-electron chi connectivity index (χ2n) is 4.96.